The van der Waals surface area contributed by atoms with Crippen LogP contribution in [0, 0.1) is 5.92 Å². The van der Waals surface area contributed by atoms with Crippen molar-refractivity contribution in [3.8, 4) is 5.88 Å². The van der Waals surface area contributed by atoms with Gasteiger partial charge in [0.2, 0.25) is 5.88 Å². The predicted octanol–water partition coefficient (Wildman–Crippen LogP) is 4.00. The van der Waals surface area contributed by atoms with Crippen LogP contribution in [0.3, 0.4) is 0 Å². The molecule has 7 nitrogen and oxygen atoms in total. The number of likely N-dealkylation sites (tertiary alicyclic amines) is 1. The fourth-order valence-corrected chi connectivity index (χ4v) is 4.12. The summed E-state index contributed by atoms with van der Waals surface area (Å²) < 4.78 is 17.8. The van der Waals surface area contributed by atoms with Gasteiger partial charge in [0.15, 0.2) is 5.96 Å². The van der Waals surface area contributed by atoms with Crippen molar-refractivity contribution in [2.45, 2.75) is 70.6 Å². The van der Waals surface area contributed by atoms with E-state index in [9.17, 15) is 0 Å². The molecular formula is C24H39IN4O3. The van der Waals surface area contributed by atoms with Gasteiger partial charge in [-0.15, -0.1) is 24.0 Å². The molecule has 1 aromatic rings. The Kier molecular flexibility index (Phi) is 10.8. The molecule has 3 fully saturated rings. The summed E-state index contributed by atoms with van der Waals surface area (Å²) in [5, 5.41) is 3.45. The predicted molar refractivity (Wildman–Crippen MR) is 137 cm³/mol. The maximum Gasteiger partial charge on any atom is 0.213 e. The minimum Gasteiger partial charge on any atom is -0.477 e. The summed E-state index contributed by atoms with van der Waals surface area (Å²) >= 11 is 0. The van der Waals surface area contributed by atoms with E-state index in [1.807, 2.05) is 18.3 Å². The Hall–Kier alpha value is -1.13. The number of hydrogen-bond donors (Lipinski definition) is 1. The SMILES string of the molecule is CCNC(=NCc1ccnc(OCC2CC2)c1)N1CCC(OCC2CCCCO2)CC1.I. The molecule has 2 saturated heterocycles. The van der Waals surface area contributed by atoms with E-state index in [1.165, 1.54) is 25.7 Å². The molecule has 3 aliphatic rings. The van der Waals surface area contributed by atoms with Crippen molar-refractivity contribution < 1.29 is 14.2 Å². The molecule has 1 aromatic heterocycles. The van der Waals surface area contributed by atoms with Crippen LogP contribution < -0.4 is 10.1 Å². The van der Waals surface area contributed by atoms with E-state index in [0.29, 0.717) is 24.6 Å². The maximum atomic E-state index is 6.16. The van der Waals surface area contributed by atoms with Gasteiger partial charge in [-0.05, 0) is 69.4 Å². The lowest BCUT2D eigenvalue weighted by Crippen LogP contribution is -2.47. The second-order valence-corrected chi connectivity index (χ2v) is 8.94. The fraction of sp³-hybridized carbons (Fsp3) is 0.750. The summed E-state index contributed by atoms with van der Waals surface area (Å²) in [6, 6.07) is 4.04. The van der Waals surface area contributed by atoms with Crippen LogP contribution in [-0.4, -0.2) is 67.5 Å². The van der Waals surface area contributed by atoms with Crippen LogP contribution in [-0.2, 0) is 16.0 Å². The first-order valence-electron chi connectivity index (χ1n) is 12.1. The van der Waals surface area contributed by atoms with E-state index >= 15 is 0 Å². The van der Waals surface area contributed by atoms with Crippen molar-refractivity contribution in [1.29, 1.82) is 0 Å². The number of nitrogens with one attached hydrogen (secondary N) is 1. The molecule has 4 rings (SSSR count). The average molecular weight is 559 g/mol. The number of pyridine rings is 1. The quantitative estimate of drug-likeness (QED) is 0.281. The van der Waals surface area contributed by atoms with Gasteiger partial charge in [-0.3, -0.25) is 0 Å². The summed E-state index contributed by atoms with van der Waals surface area (Å²) in [5.74, 6) is 2.42. The Labute approximate surface area is 209 Å². The topological polar surface area (TPSA) is 68.2 Å². The zero-order valence-electron chi connectivity index (χ0n) is 19.3. The molecule has 0 bridgehead atoms. The highest BCUT2D eigenvalue weighted by atomic mass is 127. The molecule has 1 saturated carbocycles. The monoisotopic (exact) mass is 558 g/mol. The molecule has 1 N–H and O–H groups in total. The summed E-state index contributed by atoms with van der Waals surface area (Å²) in [6.07, 6.45) is 10.7. The van der Waals surface area contributed by atoms with Gasteiger partial charge in [-0.2, -0.15) is 0 Å². The third kappa shape index (κ3) is 8.33. The standard InChI is InChI=1S/C24H38N4O3.HI/c1-2-25-24(27-16-20-8-11-26-23(15-20)31-17-19-6-7-19)28-12-9-21(10-13-28)30-18-22-5-3-4-14-29-22;/h8,11,15,19,21-22H,2-7,9-10,12-14,16-18H2,1H3,(H,25,27);1H. The van der Waals surface area contributed by atoms with Crippen LogP contribution in [0.4, 0.5) is 0 Å². The molecule has 3 heterocycles. The summed E-state index contributed by atoms with van der Waals surface area (Å²) in [7, 11) is 0. The molecule has 0 spiro atoms. The van der Waals surface area contributed by atoms with E-state index in [4.69, 9.17) is 19.2 Å². The van der Waals surface area contributed by atoms with Crippen LogP contribution in [0.2, 0.25) is 0 Å². The van der Waals surface area contributed by atoms with E-state index in [-0.39, 0.29) is 24.0 Å². The number of ether oxygens (including phenoxy) is 3. The van der Waals surface area contributed by atoms with Crippen LogP contribution in [0.15, 0.2) is 23.3 Å². The molecule has 0 aromatic carbocycles. The molecule has 1 unspecified atom stereocenters. The fourth-order valence-electron chi connectivity index (χ4n) is 4.12. The van der Waals surface area contributed by atoms with Crippen LogP contribution >= 0.6 is 24.0 Å². The van der Waals surface area contributed by atoms with Gasteiger partial charge in [-0.1, -0.05) is 0 Å². The summed E-state index contributed by atoms with van der Waals surface area (Å²) in [4.78, 5) is 11.6. The van der Waals surface area contributed by atoms with Crippen LogP contribution in [0.1, 0.15) is 57.4 Å². The van der Waals surface area contributed by atoms with Gasteiger partial charge < -0.3 is 24.4 Å². The van der Waals surface area contributed by atoms with Gasteiger partial charge in [0.05, 0.1) is 32.0 Å². The van der Waals surface area contributed by atoms with Gasteiger partial charge in [0, 0.05) is 38.5 Å². The smallest absolute Gasteiger partial charge is 0.213 e. The Morgan fingerprint density at radius 2 is 2.03 bits per heavy atom. The highest BCUT2D eigenvalue weighted by molar-refractivity contribution is 14.0. The Morgan fingerprint density at radius 3 is 2.75 bits per heavy atom. The number of aromatic nitrogens is 1. The highest BCUT2D eigenvalue weighted by Crippen LogP contribution is 2.29. The third-order valence-electron chi connectivity index (χ3n) is 6.24. The van der Waals surface area contributed by atoms with Crippen molar-refractivity contribution in [3.63, 3.8) is 0 Å². The second kappa shape index (κ2) is 13.5. The first kappa shape index (κ1) is 25.5. The third-order valence-corrected chi connectivity index (χ3v) is 6.24. The van der Waals surface area contributed by atoms with Gasteiger partial charge in [0.25, 0.3) is 0 Å². The van der Waals surface area contributed by atoms with Crippen molar-refractivity contribution in [2.75, 3.05) is 39.5 Å². The minimum atomic E-state index is 0. The Balaban J connectivity index is 0.00000289. The zero-order chi connectivity index (χ0) is 21.3. The molecule has 2 aliphatic heterocycles. The molecule has 0 radical (unpaired) electrons. The van der Waals surface area contributed by atoms with E-state index in [2.05, 4.69) is 22.1 Å². The Morgan fingerprint density at radius 1 is 1.19 bits per heavy atom. The number of rotatable bonds is 9. The van der Waals surface area contributed by atoms with Gasteiger partial charge >= 0.3 is 0 Å². The van der Waals surface area contributed by atoms with Crippen molar-refractivity contribution in [3.05, 3.63) is 23.9 Å². The van der Waals surface area contributed by atoms with E-state index in [1.54, 1.807) is 0 Å². The number of aliphatic imine (C=N–C) groups is 1. The lowest BCUT2D eigenvalue weighted by molar-refractivity contribution is -0.0721. The Bertz CT molecular complexity index is 702. The molecule has 8 heteroatoms. The van der Waals surface area contributed by atoms with Crippen LogP contribution in [0.25, 0.3) is 0 Å². The number of piperidine rings is 1. The zero-order valence-corrected chi connectivity index (χ0v) is 21.7. The first-order chi connectivity index (χ1) is 15.3. The average Bonchev–Trinajstić information content (AvgIpc) is 3.65. The first-order valence-corrected chi connectivity index (χ1v) is 12.1. The number of guanidine groups is 1. The van der Waals surface area contributed by atoms with Crippen molar-refractivity contribution >= 4 is 29.9 Å². The lowest BCUT2D eigenvalue weighted by atomic mass is 10.1. The molecule has 1 aliphatic carbocycles. The van der Waals surface area contributed by atoms with E-state index in [0.717, 1.165) is 76.2 Å². The highest BCUT2D eigenvalue weighted by Gasteiger charge is 2.24. The molecule has 180 valence electrons. The lowest BCUT2D eigenvalue weighted by Gasteiger charge is -2.35. The van der Waals surface area contributed by atoms with Crippen molar-refractivity contribution in [2.24, 2.45) is 10.9 Å². The van der Waals surface area contributed by atoms with Crippen LogP contribution in [0.5, 0.6) is 5.88 Å². The summed E-state index contributed by atoms with van der Waals surface area (Å²) in [5.41, 5.74) is 1.13. The molecule has 1 atom stereocenters. The second-order valence-electron chi connectivity index (χ2n) is 8.94. The maximum absolute atomic E-state index is 6.16. The van der Waals surface area contributed by atoms with E-state index < -0.39 is 0 Å². The molecule has 0 amide bonds. The largest absolute Gasteiger partial charge is 0.477 e. The normalized spacial score (nSPS) is 22.3. The summed E-state index contributed by atoms with van der Waals surface area (Å²) in [6.45, 7) is 7.95. The molecule has 32 heavy (non-hydrogen) atoms. The number of halogens is 1. The van der Waals surface area contributed by atoms with Gasteiger partial charge in [0.1, 0.15) is 0 Å². The number of hydrogen-bond acceptors (Lipinski definition) is 5. The van der Waals surface area contributed by atoms with Gasteiger partial charge in [-0.25, -0.2) is 9.98 Å². The number of nitrogens with zero attached hydrogens (tertiary/aromatic N) is 3. The van der Waals surface area contributed by atoms with Crippen molar-refractivity contribution in [1.82, 2.24) is 15.2 Å². The molecular weight excluding hydrogens is 519 g/mol. The minimum absolute atomic E-state index is 0.